The van der Waals surface area contributed by atoms with Gasteiger partial charge >= 0.3 is 6.18 Å². The van der Waals surface area contributed by atoms with Crippen molar-refractivity contribution in [2.45, 2.75) is 31.1 Å². The molecule has 0 atom stereocenters. The highest BCUT2D eigenvalue weighted by Gasteiger charge is 2.44. The van der Waals surface area contributed by atoms with Gasteiger partial charge in [0, 0.05) is 49.8 Å². The van der Waals surface area contributed by atoms with Gasteiger partial charge in [-0.3, -0.25) is 9.69 Å². The number of hydrogen-bond donors (Lipinski definition) is 0. The van der Waals surface area contributed by atoms with Gasteiger partial charge in [0.25, 0.3) is 5.91 Å². The summed E-state index contributed by atoms with van der Waals surface area (Å²) in [5.41, 5.74) is 0.854. The molecular weight excluding hydrogens is 497 g/mol. The van der Waals surface area contributed by atoms with E-state index in [0.29, 0.717) is 44.0 Å². The van der Waals surface area contributed by atoms with Gasteiger partial charge in [0.05, 0.1) is 37.3 Å². The normalized spacial score (nSPS) is 19.1. The number of nitriles is 1. The molecule has 3 aromatic rings. The Kier molecular flexibility index (Phi) is 5.77. The van der Waals surface area contributed by atoms with E-state index in [1.54, 1.807) is 18.5 Å². The van der Waals surface area contributed by atoms with E-state index < -0.39 is 17.6 Å². The minimum atomic E-state index is -4.59. The van der Waals surface area contributed by atoms with Crippen LogP contribution in [-0.2, 0) is 42.9 Å². The van der Waals surface area contributed by atoms with Gasteiger partial charge in [-0.1, -0.05) is 12.1 Å². The van der Waals surface area contributed by atoms with Crippen molar-refractivity contribution in [2.24, 2.45) is 13.0 Å². The number of aryl methyl sites for hydroxylation is 1. The number of fused-ring (bicyclic) bond motifs is 1. The maximum Gasteiger partial charge on any atom is 0.416 e. The van der Waals surface area contributed by atoms with Crippen molar-refractivity contribution < 1.29 is 22.7 Å². The molecule has 0 bridgehead atoms. The molecule has 6 rings (SSSR count). The molecule has 0 radical (unpaired) electrons. The van der Waals surface area contributed by atoms with Crippen molar-refractivity contribution in [3.63, 3.8) is 0 Å². The van der Waals surface area contributed by atoms with Crippen LogP contribution in [0, 0.1) is 17.2 Å². The SMILES string of the molecule is Cn1cnnc1CC1(c2cccc(N3Cc4c(cc(CN5CC(C#N)C5)cc4C(F)(F)F)C3=O)c2)COC1. The van der Waals surface area contributed by atoms with Gasteiger partial charge < -0.3 is 14.2 Å². The van der Waals surface area contributed by atoms with Crippen molar-refractivity contribution in [1.82, 2.24) is 19.7 Å². The first kappa shape index (κ1) is 24.6. The van der Waals surface area contributed by atoms with Gasteiger partial charge in [-0.15, -0.1) is 10.2 Å². The third-order valence-corrected chi connectivity index (χ3v) is 7.78. The fourth-order valence-corrected chi connectivity index (χ4v) is 5.55. The summed E-state index contributed by atoms with van der Waals surface area (Å²) in [6.45, 7) is 2.09. The highest BCUT2D eigenvalue weighted by atomic mass is 19.4. The number of carbonyl (C=O) groups is 1. The Morgan fingerprint density at radius 2 is 2.00 bits per heavy atom. The molecule has 11 heteroatoms. The third kappa shape index (κ3) is 4.14. The highest BCUT2D eigenvalue weighted by molar-refractivity contribution is 6.10. The molecule has 3 aliphatic heterocycles. The van der Waals surface area contributed by atoms with Crippen molar-refractivity contribution in [3.8, 4) is 6.07 Å². The fraction of sp³-hybridized carbons (Fsp3) is 0.407. The first-order valence-corrected chi connectivity index (χ1v) is 12.3. The number of halogens is 3. The quantitative estimate of drug-likeness (QED) is 0.493. The molecular formula is C27H25F3N6O2. The molecule has 0 saturated carbocycles. The number of likely N-dealkylation sites (tertiary alicyclic amines) is 1. The molecule has 0 spiro atoms. The van der Waals surface area contributed by atoms with Crippen LogP contribution in [0.2, 0.25) is 0 Å². The Morgan fingerprint density at radius 3 is 2.63 bits per heavy atom. The molecule has 0 unspecified atom stereocenters. The number of carbonyl (C=O) groups excluding carboxylic acids is 1. The monoisotopic (exact) mass is 522 g/mol. The second kappa shape index (κ2) is 8.92. The summed E-state index contributed by atoms with van der Waals surface area (Å²) in [6, 6.07) is 12.3. The van der Waals surface area contributed by atoms with Gasteiger partial charge in [0.15, 0.2) is 0 Å². The van der Waals surface area contributed by atoms with Crippen LogP contribution < -0.4 is 4.90 Å². The van der Waals surface area contributed by atoms with Crippen LogP contribution in [0.4, 0.5) is 18.9 Å². The molecule has 0 N–H and O–H groups in total. The zero-order valence-electron chi connectivity index (χ0n) is 20.7. The first-order chi connectivity index (χ1) is 18.2. The lowest BCUT2D eigenvalue weighted by Crippen LogP contribution is -2.49. The molecule has 4 heterocycles. The highest BCUT2D eigenvalue weighted by Crippen LogP contribution is 2.42. The number of nitrogens with zero attached hydrogens (tertiary/aromatic N) is 6. The molecule has 1 amide bonds. The van der Waals surface area contributed by atoms with Crippen LogP contribution in [0.5, 0.6) is 0 Å². The number of amides is 1. The number of alkyl halides is 3. The van der Waals surface area contributed by atoms with Crippen LogP contribution in [0.25, 0.3) is 0 Å². The number of ether oxygens (including phenoxy) is 1. The number of benzene rings is 2. The number of aromatic nitrogens is 3. The number of rotatable bonds is 6. The second-order valence-electron chi connectivity index (χ2n) is 10.4. The van der Waals surface area contributed by atoms with E-state index in [4.69, 9.17) is 10.00 Å². The molecule has 196 valence electrons. The van der Waals surface area contributed by atoms with Crippen LogP contribution in [0.15, 0.2) is 42.7 Å². The van der Waals surface area contributed by atoms with Crippen LogP contribution >= 0.6 is 0 Å². The molecule has 2 fully saturated rings. The van der Waals surface area contributed by atoms with Gasteiger partial charge in [-0.05, 0) is 41.0 Å². The maximum atomic E-state index is 14.1. The summed E-state index contributed by atoms with van der Waals surface area (Å²) in [7, 11) is 1.87. The van der Waals surface area contributed by atoms with Crippen molar-refractivity contribution >= 4 is 11.6 Å². The van der Waals surface area contributed by atoms with Gasteiger partial charge in [0.1, 0.15) is 12.2 Å². The van der Waals surface area contributed by atoms with E-state index in [1.807, 2.05) is 34.7 Å². The molecule has 38 heavy (non-hydrogen) atoms. The van der Waals surface area contributed by atoms with E-state index in [2.05, 4.69) is 16.3 Å². The van der Waals surface area contributed by atoms with E-state index in [0.717, 1.165) is 17.5 Å². The third-order valence-electron chi connectivity index (χ3n) is 7.78. The van der Waals surface area contributed by atoms with Crippen LogP contribution in [0.3, 0.4) is 0 Å². The second-order valence-corrected chi connectivity index (χ2v) is 10.4. The fourth-order valence-electron chi connectivity index (χ4n) is 5.55. The molecule has 3 aliphatic rings. The van der Waals surface area contributed by atoms with Crippen molar-refractivity contribution in [3.05, 3.63) is 76.4 Å². The molecule has 0 aliphatic carbocycles. The standard InChI is InChI=1S/C27H25F3N6O2/c1-34-16-32-33-24(34)8-26(14-38-15-26)19-3-2-4-20(7-19)36-13-22-21(25(36)37)5-17(6-23(22)27(28,29)30)10-35-11-18(9-31)12-35/h2-7,16,18H,8,10-15H2,1H3. The minimum Gasteiger partial charge on any atom is -0.379 e. The zero-order chi connectivity index (χ0) is 26.7. The Balaban J connectivity index is 1.30. The summed E-state index contributed by atoms with van der Waals surface area (Å²) in [6.07, 6.45) is -2.37. The summed E-state index contributed by atoms with van der Waals surface area (Å²) in [5.74, 6) is 0.248. The summed E-state index contributed by atoms with van der Waals surface area (Å²) in [4.78, 5) is 16.8. The predicted molar refractivity (Wildman–Crippen MR) is 130 cm³/mol. The van der Waals surface area contributed by atoms with Gasteiger partial charge in [-0.25, -0.2) is 0 Å². The molecule has 1 aromatic heterocycles. The van der Waals surface area contributed by atoms with Crippen LogP contribution in [-0.4, -0.2) is 51.9 Å². The van der Waals surface area contributed by atoms with E-state index in [-0.39, 0.29) is 35.5 Å². The Morgan fingerprint density at radius 1 is 1.21 bits per heavy atom. The van der Waals surface area contributed by atoms with Crippen LogP contribution in [0.1, 0.15) is 38.4 Å². The minimum absolute atomic E-state index is 0.00376. The largest absolute Gasteiger partial charge is 0.416 e. The van der Waals surface area contributed by atoms with E-state index in [9.17, 15) is 18.0 Å². The summed E-state index contributed by atoms with van der Waals surface area (Å²) < 4.78 is 49.7. The summed E-state index contributed by atoms with van der Waals surface area (Å²) in [5, 5.41) is 17.1. The molecule has 2 saturated heterocycles. The average molecular weight is 523 g/mol. The number of hydrogen-bond acceptors (Lipinski definition) is 6. The van der Waals surface area contributed by atoms with Gasteiger partial charge in [0.2, 0.25) is 0 Å². The Hall–Kier alpha value is -3.75. The molecule has 8 nitrogen and oxygen atoms in total. The predicted octanol–water partition coefficient (Wildman–Crippen LogP) is 3.46. The lowest BCUT2D eigenvalue weighted by atomic mass is 9.75. The lowest BCUT2D eigenvalue weighted by molar-refractivity contribution is -0.138. The van der Waals surface area contributed by atoms with Gasteiger partial charge in [-0.2, -0.15) is 18.4 Å². The molecule has 2 aromatic carbocycles. The topological polar surface area (TPSA) is 87.3 Å². The maximum absolute atomic E-state index is 14.1. The van der Waals surface area contributed by atoms with Crippen molar-refractivity contribution in [1.29, 1.82) is 5.26 Å². The van der Waals surface area contributed by atoms with E-state index in [1.165, 1.54) is 4.90 Å². The zero-order valence-corrected chi connectivity index (χ0v) is 20.7. The first-order valence-electron chi connectivity index (χ1n) is 12.3. The Bertz CT molecular complexity index is 1450. The lowest BCUT2D eigenvalue weighted by Gasteiger charge is -2.42. The Labute approximate surface area is 217 Å². The number of anilines is 1. The smallest absolute Gasteiger partial charge is 0.379 e. The average Bonchev–Trinajstić information content (AvgIpc) is 3.39. The summed E-state index contributed by atoms with van der Waals surface area (Å²) >= 11 is 0. The van der Waals surface area contributed by atoms with Crippen molar-refractivity contribution in [2.75, 3.05) is 31.2 Å². The van der Waals surface area contributed by atoms with E-state index >= 15 is 0 Å².